The van der Waals surface area contributed by atoms with Crippen molar-refractivity contribution >= 4 is 55.1 Å². The molecule has 0 aliphatic heterocycles. The van der Waals surface area contributed by atoms with Crippen LogP contribution >= 0.6 is 43.5 Å². The zero-order valence-corrected chi connectivity index (χ0v) is 14.9. The normalized spacial score (nSPS) is 10.4. The van der Waals surface area contributed by atoms with Crippen LogP contribution in [0.15, 0.2) is 39.3 Å². The lowest BCUT2D eigenvalue weighted by atomic mass is 10.1. The lowest BCUT2D eigenvalue weighted by Crippen LogP contribution is -2.13. The number of hydrogen-bond acceptors (Lipinski definition) is 1. The number of amides is 1. The predicted molar refractivity (Wildman–Crippen MR) is 90.7 cm³/mol. The average molecular weight is 418 g/mol. The molecule has 2 rings (SSSR count). The van der Waals surface area contributed by atoms with Gasteiger partial charge in [-0.2, -0.15) is 0 Å². The van der Waals surface area contributed by atoms with Gasteiger partial charge in [0.2, 0.25) is 0 Å². The maximum atomic E-state index is 12.3. The molecule has 5 heteroatoms. The second-order valence-electron chi connectivity index (χ2n) is 4.49. The standard InChI is InChI=1S/C15H12Br2ClNO/c1-8-5-10(16)3-4-11(8)15(20)19-14-7-13(18)9(2)6-12(14)17/h3-7H,1-2H3,(H,19,20). The number of hydrogen-bond donors (Lipinski definition) is 1. The largest absolute Gasteiger partial charge is 0.321 e. The Labute approximate surface area is 139 Å². The highest BCUT2D eigenvalue weighted by molar-refractivity contribution is 9.10. The molecule has 0 saturated carbocycles. The molecule has 0 saturated heterocycles. The molecule has 1 amide bonds. The van der Waals surface area contributed by atoms with Gasteiger partial charge in [-0.25, -0.2) is 0 Å². The smallest absolute Gasteiger partial charge is 0.255 e. The third kappa shape index (κ3) is 3.43. The van der Waals surface area contributed by atoms with E-state index in [-0.39, 0.29) is 5.91 Å². The van der Waals surface area contributed by atoms with Gasteiger partial charge < -0.3 is 5.32 Å². The Bertz CT molecular complexity index is 686. The van der Waals surface area contributed by atoms with Crippen molar-refractivity contribution in [1.82, 2.24) is 0 Å². The number of carbonyl (C=O) groups excluding carboxylic acids is 1. The van der Waals surface area contributed by atoms with Crippen LogP contribution in [-0.4, -0.2) is 5.91 Å². The fraction of sp³-hybridized carbons (Fsp3) is 0.133. The molecule has 0 aromatic heterocycles. The van der Waals surface area contributed by atoms with Gasteiger partial charge in [-0.05, 0) is 71.2 Å². The Morgan fingerprint density at radius 1 is 1.10 bits per heavy atom. The first kappa shape index (κ1) is 15.5. The first-order valence-corrected chi connectivity index (χ1v) is 7.88. The van der Waals surface area contributed by atoms with Crippen molar-refractivity contribution in [3.8, 4) is 0 Å². The van der Waals surface area contributed by atoms with Crippen molar-refractivity contribution in [2.45, 2.75) is 13.8 Å². The molecule has 0 fully saturated rings. The second kappa shape index (κ2) is 6.29. The van der Waals surface area contributed by atoms with Crippen LogP contribution in [0.4, 0.5) is 5.69 Å². The Morgan fingerprint density at radius 3 is 2.45 bits per heavy atom. The highest BCUT2D eigenvalue weighted by atomic mass is 79.9. The van der Waals surface area contributed by atoms with E-state index in [0.29, 0.717) is 16.3 Å². The Kier molecular flexibility index (Phi) is 4.89. The van der Waals surface area contributed by atoms with E-state index in [1.165, 1.54) is 0 Å². The quantitative estimate of drug-likeness (QED) is 0.664. The van der Waals surface area contributed by atoms with E-state index in [4.69, 9.17) is 11.6 Å². The van der Waals surface area contributed by atoms with Crippen molar-refractivity contribution < 1.29 is 4.79 Å². The van der Waals surface area contributed by atoms with Crippen molar-refractivity contribution in [3.63, 3.8) is 0 Å². The summed E-state index contributed by atoms with van der Waals surface area (Å²) in [4.78, 5) is 12.3. The second-order valence-corrected chi connectivity index (χ2v) is 6.67. The fourth-order valence-electron chi connectivity index (χ4n) is 1.81. The van der Waals surface area contributed by atoms with Gasteiger partial charge >= 0.3 is 0 Å². The van der Waals surface area contributed by atoms with E-state index in [1.807, 2.05) is 32.0 Å². The van der Waals surface area contributed by atoms with Gasteiger partial charge in [-0.15, -0.1) is 0 Å². The summed E-state index contributed by atoms with van der Waals surface area (Å²) >= 11 is 12.9. The van der Waals surface area contributed by atoms with E-state index in [9.17, 15) is 4.79 Å². The molecule has 0 unspecified atom stereocenters. The Morgan fingerprint density at radius 2 is 1.80 bits per heavy atom. The van der Waals surface area contributed by atoms with Crippen LogP contribution in [0.1, 0.15) is 21.5 Å². The first-order chi connectivity index (χ1) is 9.38. The van der Waals surface area contributed by atoms with E-state index in [1.54, 1.807) is 12.1 Å². The molecular weight excluding hydrogens is 405 g/mol. The number of carbonyl (C=O) groups is 1. The molecule has 0 spiro atoms. The summed E-state index contributed by atoms with van der Waals surface area (Å²) in [6, 6.07) is 9.17. The number of halogens is 3. The third-order valence-electron chi connectivity index (χ3n) is 2.93. The molecule has 0 bridgehead atoms. The van der Waals surface area contributed by atoms with E-state index < -0.39 is 0 Å². The molecule has 1 N–H and O–H groups in total. The number of benzene rings is 2. The van der Waals surface area contributed by atoms with Crippen molar-refractivity contribution in [1.29, 1.82) is 0 Å². The lowest BCUT2D eigenvalue weighted by Gasteiger charge is -2.11. The molecule has 0 radical (unpaired) electrons. The van der Waals surface area contributed by atoms with Crippen molar-refractivity contribution in [2.24, 2.45) is 0 Å². The van der Waals surface area contributed by atoms with Gasteiger partial charge in [-0.1, -0.05) is 27.5 Å². The summed E-state index contributed by atoms with van der Waals surface area (Å²) < 4.78 is 1.76. The van der Waals surface area contributed by atoms with Crippen LogP contribution in [0.3, 0.4) is 0 Å². The molecule has 0 atom stereocenters. The van der Waals surface area contributed by atoms with Crippen LogP contribution in [0, 0.1) is 13.8 Å². The maximum absolute atomic E-state index is 12.3. The van der Waals surface area contributed by atoms with Crippen LogP contribution in [0.25, 0.3) is 0 Å². The topological polar surface area (TPSA) is 29.1 Å². The monoisotopic (exact) mass is 415 g/mol. The molecule has 0 aliphatic carbocycles. The van der Waals surface area contributed by atoms with Gasteiger partial charge in [0.05, 0.1) is 5.69 Å². The highest BCUT2D eigenvalue weighted by Gasteiger charge is 2.12. The minimum Gasteiger partial charge on any atom is -0.321 e. The number of rotatable bonds is 2. The molecule has 2 aromatic rings. The third-order valence-corrected chi connectivity index (χ3v) is 4.49. The number of anilines is 1. The molecular formula is C15H12Br2ClNO. The lowest BCUT2D eigenvalue weighted by molar-refractivity contribution is 0.102. The molecule has 2 aromatic carbocycles. The van der Waals surface area contributed by atoms with E-state index in [2.05, 4.69) is 37.2 Å². The minimum atomic E-state index is -0.157. The van der Waals surface area contributed by atoms with Gasteiger partial charge in [0.15, 0.2) is 0 Å². The Hall–Kier alpha value is -0.840. The molecule has 0 aliphatic rings. The van der Waals surface area contributed by atoms with Gasteiger partial charge in [0.25, 0.3) is 5.91 Å². The summed E-state index contributed by atoms with van der Waals surface area (Å²) in [5, 5.41) is 3.49. The SMILES string of the molecule is Cc1cc(Br)c(NC(=O)c2ccc(Br)cc2C)cc1Cl. The summed E-state index contributed by atoms with van der Waals surface area (Å²) in [7, 11) is 0. The van der Waals surface area contributed by atoms with Crippen LogP contribution < -0.4 is 5.32 Å². The maximum Gasteiger partial charge on any atom is 0.255 e. The first-order valence-electron chi connectivity index (χ1n) is 5.91. The molecule has 2 nitrogen and oxygen atoms in total. The molecule has 0 heterocycles. The van der Waals surface area contributed by atoms with Gasteiger partial charge in [-0.3, -0.25) is 4.79 Å². The van der Waals surface area contributed by atoms with Gasteiger partial charge in [0, 0.05) is 19.5 Å². The van der Waals surface area contributed by atoms with Crippen LogP contribution in [-0.2, 0) is 0 Å². The zero-order valence-electron chi connectivity index (χ0n) is 10.9. The van der Waals surface area contributed by atoms with Crippen molar-refractivity contribution in [2.75, 3.05) is 5.32 Å². The summed E-state index contributed by atoms with van der Waals surface area (Å²) in [5.74, 6) is -0.157. The zero-order chi connectivity index (χ0) is 14.9. The van der Waals surface area contributed by atoms with Crippen molar-refractivity contribution in [3.05, 3.63) is 61.0 Å². The summed E-state index contributed by atoms with van der Waals surface area (Å²) in [6.45, 7) is 3.81. The average Bonchev–Trinajstić information content (AvgIpc) is 2.35. The van der Waals surface area contributed by atoms with Crippen LogP contribution in [0.2, 0.25) is 5.02 Å². The highest BCUT2D eigenvalue weighted by Crippen LogP contribution is 2.29. The molecule has 20 heavy (non-hydrogen) atoms. The molecule has 104 valence electrons. The Balaban J connectivity index is 2.30. The van der Waals surface area contributed by atoms with E-state index >= 15 is 0 Å². The minimum absolute atomic E-state index is 0.157. The fourth-order valence-corrected chi connectivity index (χ4v) is 3.01. The van der Waals surface area contributed by atoms with E-state index in [0.717, 1.165) is 20.1 Å². The predicted octanol–water partition coefficient (Wildman–Crippen LogP) is 5.73. The number of aryl methyl sites for hydroxylation is 2. The van der Waals surface area contributed by atoms with Crippen LogP contribution in [0.5, 0.6) is 0 Å². The van der Waals surface area contributed by atoms with Gasteiger partial charge in [0.1, 0.15) is 0 Å². The summed E-state index contributed by atoms with van der Waals surface area (Å²) in [5.41, 5.74) is 3.16. The summed E-state index contributed by atoms with van der Waals surface area (Å²) in [6.07, 6.45) is 0. The number of nitrogens with one attached hydrogen (secondary N) is 1.